The molecule has 3 heterocycles. The number of nitrogens with zero attached hydrogens (tertiary/aromatic N) is 5. The Bertz CT molecular complexity index is 587. The average Bonchev–Trinajstić information content (AvgIpc) is 2.84. The zero-order valence-electron chi connectivity index (χ0n) is 12.0. The van der Waals surface area contributed by atoms with Gasteiger partial charge in [0.05, 0.1) is 12.2 Å². The van der Waals surface area contributed by atoms with Gasteiger partial charge in [0, 0.05) is 31.5 Å². The maximum Gasteiger partial charge on any atom is 0.143 e. The van der Waals surface area contributed by atoms with Crippen molar-refractivity contribution in [3.63, 3.8) is 0 Å². The van der Waals surface area contributed by atoms with E-state index in [0.29, 0.717) is 0 Å². The molecule has 3 rings (SSSR count). The van der Waals surface area contributed by atoms with Gasteiger partial charge >= 0.3 is 0 Å². The first-order valence-corrected chi connectivity index (χ1v) is 6.86. The molecule has 0 aromatic carbocycles. The van der Waals surface area contributed by atoms with Crippen molar-refractivity contribution >= 4 is 5.82 Å². The van der Waals surface area contributed by atoms with Gasteiger partial charge in [0.15, 0.2) is 0 Å². The van der Waals surface area contributed by atoms with Crippen molar-refractivity contribution in [2.24, 2.45) is 0 Å². The molecule has 0 aliphatic carbocycles. The third kappa shape index (κ3) is 2.51. The van der Waals surface area contributed by atoms with E-state index in [4.69, 9.17) is 4.74 Å². The second-order valence-electron chi connectivity index (χ2n) is 5.24. The second-order valence-corrected chi connectivity index (χ2v) is 5.24. The molecule has 1 aliphatic heterocycles. The molecule has 0 amide bonds. The summed E-state index contributed by atoms with van der Waals surface area (Å²) in [6, 6.07) is 2.00. The molecule has 0 bridgehead atoms. The zero-order chi connectivity index (χ0) is 14.1. The summed E-state index contributed by atoms with van der Waals surface area (Å²) in [6.45, 7) is 7.84. The van der Waals surface area contributed by atoms with E-state index in [1.165, 1.54) is 0 Å². The minimum Gasteiger partial charge on any atom is -0.372 e. The molecule has 0 N–H and O–H groups in total. The molecule has 2 atom stereocenters. The number of aromatic nitrogens is 4. The molecule has 2 aromatic rings. The summed E-state index contributed by atoms with van der Waals surface area (Å²) in [7, 11) is 0. The van der Waals surface area contributed by atoms with Crippen LogP contribution in [0.15, 0.2) is 24.8 Å². The van der Waals surface area contributed by atoms with E-state index < -0.39 is 0 Å². The van der Waals surface area contributed by atoms with Gasteiger partial charge in [-0.25, -0.2) is 15.0 Å². The van der Waals surface area contributed by atoms with E-state index in [1.807, 2.05) is 23.8 Å². The van der Waals surface area contributed by atoms with E-state index in [1.54, 1.807) is 12.5 Å². The fourth-order valence-corrected chi connectivity index (χ4v) is 2.63. The minimum atomic E-state index is 0.215. The van der Waals surface area contributed by atoms with Gasteiger partial charge in [0.2, 0.25) is 0 Å². The highest BCUT2D eigenvalue weighted by atomic mass is 16.5. The predicted molar refractivity (Wildman–Crippen MR) is 76.1 cm³/mol. The van der Waals surface area contributed by atoms with Crippen LogP contribution in [0.25, 0.3) is 5.82 Å². The lowest BCUT2D eigenvalue weighted by Crippen LogP contribution is -2.45. The molecule has 1 saturated heterocycles. The van der Waals surface area contributed by atoms with Crippen LogP contribution in [-0.2, 0) is 4.74 Å². The van der Waals surface area contributed by atoms with E-state index >= 15 is 0 Å². The average molecular weight is 273 g/mol. The second kappa shape index (κ2) is 5.20. The lowest BCUT2D eigenvalue weighted by molar-refractivity contribution is -0.00546. The first kappa shape index (κ1) is 13.1. The van der Waals surface area contributed by atoms with Crippen molar-refractivity contribution < 1.29 is 4.74 Å². The first-order valence-electron chi connectivity index (χ1n) is 6.86. The van der Waals surface area contributed by atoms with Gasteiger partial charge in [0.25, 0.3) is 0 Å². The molecule has 2 unspecified atom stereocenters. The van der Waals surface area contributed by atoms with Gasteiger partial charge in [-0.1, -0.05) is 0 Å². The number of anilines is 1. The van der Waals surface area contributed by atoms with Crippen LogP contribution in [0.1, 0.15) is 19.7 Å². The quantitative estimate of drug-likeness (QED) is 0.831. The van der Waals surface area contributed by atoms with Crippen molar-refractivity contribution in [3.05, 3.63) is 30.6 Å². The maximum absolute atomic E-state index is 5.76. The van der Waals surface area contributed by atoms with Crippen molar-refractivity contribution in [3.8, 4) is 5.82 Å². The highest BCUT2D eigenvalue weighted by molar-refractivity contribution is 5.44. The van der Waals surface area contributed by atoms with Crippen LogP contribution in [0.2, 0.25) is 0 Å². The van der Waals surface area contributed by atoms with Gasteiger partial charge in [-0.05, 0) is 20.8 Å². The number of hydrogen-bond donors (Lipinski definition) is 0. The van der Waals surface area contributed by atoms with E-state index in [2.05, 4.69) is 33.7 Å². The Labute approximate surface area is 118 Å². The molecule has 1 aliphatic rings. The van der Waals surface area contributed by atoms with Crippen LogP contribution in [-0.4, -0.2) is 44.8 Å². The largest absolute Gasteiger partial charge is 0.372 e. The van der Waals surface area contributed by atoms with E-state index in [0.717, 1.165) is 30.5 Å². The number of imidazole rings is 1. The minimum absolute atomic E-state index is 0.215. The lowest BCUT2D eigenvalue weighted by Gasteiger charge is -2.36. The van der Waals surface area contributed by atoms with E-state index in [9.17, 15) is 0 Å². The molecule has 0 spiro atoms. The summed E-state index contributed by atoms with van der Waals surface area (Å²) < 4.78 is 7.72. The molecule has 1 fully saturated rings. The summed E-state index contributed by atoms with van der Waals surface area (Å²) in [6.07, 6.45) is 5.72. The Morgan fingerprint density at radius 2 is 1.80 bits per heavy atom. The van der Waals surface area contributed by atoms with Gasteiger partial charge < -0.3 is 9.64 Å². The maximum atomic E-state index is 5.76. The fourth-order valence-electron chi connectivity index (χ4n) is 2.63. The van der Waals surface area contributed by atoms with Gasteiger partial charge in [0.1, 0.15) is 23.8 Å². The number of morpholine rings is 1. The summed E-state index contributed by atoms with van der Waals surface area (Å²) in [5, 5.41) is 0. The van der Waals surface area contributed by atoms with Crippen LogP contribution in [0.5, 0.6) is 0 Å². The number of rotatable bonds is 2. The van der Waals surface area contributed by atoms with Crippen LogP contribution in [0, 0.1) is 6.92 Å². The number of ether oxygens (including phenoxy) is 1. The molecule has 106 valence electrons. The zero-order valence-corrected chi connectivity index (χ0v) is 12.0. The van der Waals surface area contributed by atoms with Crippen molar-refractivity contribution in [1.29, 1.82) is 0 Å². The third-order valence-corrected chi connectivity index (χ3v) is 3.45. The summed E-state index contributed by atoms with van der Waals surface area (Å²) in [4.78, 5) is 15.2. The van der Waals surface area contributed by atoms with Crippen molar-refractivity contribution in [2.75, 3.05) is 18.0 Å². The SMILES string of the molecule is Cc1nccn1-c1cc(N2CC(C)OC(C)C2)ncn1. The fraction of sp³-hybridized carbons (Fsp3) is 0.500. The van der Waals surface area contributed by atoms with E-state index in [-0.39, 0.29) is 12.2 Å². The molecule has 20 heavy (non-hydrogen) atoms. The topological polar surface area (TPSA) is 56.1 Å². The Morgan fingerprint density at radius 1 is 1.10 bits per heavy atom. The summed E-state index contributed by atoms with van der Waals surface area (Å²) in [5.74, 6) is 2.69. The lowest BCUT2D eigenvalue weighted by atomic mass is 10.2. The van der Waals surface area contributed by atoms with Crippen LogP contribution < -0.4 is 4.90 Å². The molecule has 6 heteroatoms. The molecule has 0 saturated carbocycles. The van der Waals surface area contributed by atoms with Gasteiger partial charge in [-0.3, -0.25) is 4.57 Å². The first-order chi connectivity index (χ1) is 9.63. The van der Waals surface area contributed by atoms with Gasteiger partial charge in [-0.15, -0.1) is 0 Å². The highest BCUT2D eigenvalue weighted by Crippen LogP contribution is 2.19. The number of aryl methyl sites for hydroxylation is 1. The third-order valence-electron chi connectivity index (χ3n) is 3.45. The summed E-state index contributed by atoms with van der Waals surface area (Å²) in [5.41, 5.74) is 0. The standard InChI is InChI=1S/C14H19N5O/c1-10-7-18(8-11(2)20-10)13-6-14(17-9-16-13)19-5-4-15-12(19)3/h4-6,9-11H,7-8H2,1-3H3. The smallest absolute Gasteiger partial charge is 0.143 e. The Balaban J connectivity index is 1.90. The Hall–Kier alpha value is -1.95. The summed E-state index contributed by atoms with van der Waals surface area (Å²) >= 11 is 0. The molecular formula is C14H19N5O. The Kier molecular flexibility index (Phi) is 3.40. The van der Waals surface area contributed by atoms with Crippen LogP contribution in [0.3, 0.4) is 0 Å². The van der Waals surface area contributed by atoms with Crippen molar-refractivity contribution in [1.82, 2.24) is 19.5 Å². The number of hydrogen-bond acceptors (Lipinski definition) is 5. The normalized spacial score (nSPS) is 23.1. The van der Waals surface area contributed by atoms with Crippen LogP contribution in [0.4, 0.5) is 5.82 Å². The molecule has 0 radical (unpaired) electrons. The van der Waals surface area contributed by atoms with Crippen molar-refractivity contribution in [2.45, 2.75) is 33.0 Å². The molecule has 2 aromatic heterocycles. The molecular weight excluding hydrogens is 254 g/mol. The predicted octanol–water partition coefficient (Wildman–Crippen LogP) is 1.58. The molecule has 6 nitrogen and oxygen atoms in total. The van der Waals surface area contributed by atoms with Gasteiger partial charge in [-0.2, -0.15) is 0 Å². The highest BCUT2D eigenvalue weighted by Gasteiger charge is 2.23. The Morgan fingerprint density at radius 3 is 2.45 bits per heavy atom. The van der Waals surface area contributed by atoms with Crippen LogP contribution >= 0.6 is 0 Å². The monoisotopic (exact) mass is 273 g/mol.